The topological polar surface area (TPSA) is 35.6 Å². The maximum atomic E-state index is 12.7. The van der Waals surface area contributed by atoms with Crippen LogP contribution in [0.1, 0.15) is 47.5 Å². The highest BCUT2D eigenvalue weighted by Gasteiger charge is 2.33. The van der Waals surface area contributed by atoms with E-state index in [9.17, 15) is 4.79 Å². The van der Waals surface area contributed by atoms with Crippen molar-refractivity contribution in [3.8, 4) is 0 Å². The first-order valence-corrected chi connectivity index (χ1v) is 8.56. The van der Waals surface area contributed by atoms with Crippen molar-refractivity contribution >= 4 is 6.03 Å². The number of piperazine rings is 1. The number of likely N-dealkylation sites (tertiary alicyclic amines) is 1. The largest absolute Gasteiger partial charge is 0.325 e. The number of amides is 2. The number of nitrogens with zero attached hydrogens (tertiary/aromatic N) is 2. The maximum Gasteiger partial charge on any atom is 0.320 e. The second kappa shape index (κ2) is 6.55. The van der Waals surface area contributed by atoms with Gasteiger partial charge in [0.05, 0.1) is 0 Å². The van der Waals surface area contributed by atoms with Crippen LogP contribution < -0.4 is 5.32 Å². The van der Waals surface area contributed by atoms with Gasteiger partial charge in [-0.15, -0.1) is 0 Å². The molecular weight excluding hydrogens is 262 g/mol. The van der Waals surface area contributed by atoms with E-state index in [4.69, 9.17) is 0 Å². The summed E-state index contributed by atoms with van der Waals surface area (Å²) in [6.45, 7) is 15.9. The molecule has 21 heavy (non-hydrogen) atoms. The van der Waals surface area contributed by atoms with Crippen molar-refractivity contribution in [1.82, 2.24) is 15.1 Å². The third kappa shape index (κ3) is 4.12. The van der Waals surface area contributed by atoms with E-state index in [-0.39, 0.29) is 6.03 Å². The summed E-state index contributed by atoms with van der Waals surface area (Å²) in [6.07, 6.45) is 2.30. The molecule has 0 radical (unpaired) electrons. The van der Waals surface area contributed by atoms with E-state index in [0.717, 1.165) is 51.5 Å². The molecule has 0 bridgehead atoms. The van der Waals surface area contributed by atoms with Gasteiger partial charge in [-0.1, -0.05) is 34.6 Å². The van der Waals surface area contributed by atoms with Crippen LogP contribution in [0, 0.1) is 17.3 Å². The van der Waals surface area contributed by atoms with Crippen LogP contribution in [0.15, 0.2) is 0 Å². The Morgan fingerprint density at radius 1 is 1.10 bits per heavy atom. The van der Waals surface area contributed by atoms with Crippen molar-refractivity contribution in [1.29, 1.82) is 0 Å². The molecule has 0 spiro atoms. The van der Waals surface area contributed by atoms with Crippen LogP contribution in [0.5, 0.6) is 0 Å². The number of urea groups is 1. The minimum absolute atomic E-state index is 0.259. The summed E-state index contributed by atoms with van der Waals surface area (Å²) in [6, 6.07) is 0.698. The van der Waals surface area contributed by atoms with Gasteiger partial charge in [-0.25, -0.2) is 4.79 Å². The predicted molar refractivity (Wildman–Crippen MR) is 87.3 cm³/mol. The Morgan fingerprint density at radius 3 is 2.24 bits per heavy atom. The lowest BCUT2D eigenvalue weighted by Gasteiger charge is -2.42. The van der Waals surface area contributed by atoms with Crippen molar-refractivity contribution in [3.63, 3.8) is 0 Å². The van der Waals surface area contributed by atoms with Gasteiger partial charge >= 0.3 is 6.03 Å². The lowest BCUT2D eigenvalue weighted by molar-refractivity contribution is 0.0917. The van der Waals surface area contributed by atoms with E-state index >= 15 is 0 Å². The fourth-order valence-electron chi connectivity index (χ4n) is 3.54. The van der Waals surface area contributed by atoms with Crippen LogP contribution in [0.2, 0.25) is 0 Å². The summed E-state index contributed by atoms with van der Waals surface area (Å²) in [4.78, 5) is 16.8. The molecule has 2 fully saturated rings. The van der Waals surface area contributed by atoms with Gasteiger partial charge in [-0.05, 0) is 30.1 Å². The molecule has 2 amide bonds. The molecule has 1 atom stereocenters. The van der Waals surface area contributed by atoms with Crippen LogP contribution in [-0.4, -0.2) is 54.6 Å². The summed E-state index contributed by atoms with van der Waals surface area (Å²) >= 11 is 0. The third-order valence-corrected chi connectivity index (χ3v) is 5.27. The molecule has 1 unspecified atom stereocenters. The number of nitrogens with one attached hydrogen (secondary N) is 1. The van der Waals surface area contributed by atoms with Crippen molar-refractivity contribution in [2.75, 3.05) is 32.7 Å². The van der Waals surface area contributed by atoms with E-state index in [0.29, 0.717) is 17.4 Å². The van der Waals surface area contributed by atoms with E-state index in [1.54, 1.807) is 0 Å². The summed E-state index contributed by atoms with van der Waals surface area (Å²) in [5.74, 6) is 1.32. The maximum absolute atomic E-state index is 12.7. The van der Waals surface area contributed by atoms with Gasteiger partial charge in [0.25, 0.3) is 0 Å². The number of rotatable bonds is 1. The first kappa shape index (κ1) is 16.6. The van der Waals surface area contributed by atoms with Gasteiger partial charge in [-0.3, -0.25) is 0 Å². The predicted octanol–water partition coefficient (Wildman–Crippen LogP) is 2.79. The molecule has 2 aliphatic heterocycles. The Bertz CT molecular complexity index is 354. The van der Waals surface area contributed by atoms with Gasteiger partial charge in [-0.2, -0.15) is 0 Å². The molecule has 2 aliphatic rings. The summed E-state index contributed by atoms with van der Waals surface area (Å²) in [5, 5.41) is 3.52. The zero-order chi connectivity index (χ0) is 15.6. The van der Waals surface area contributed by atoms with Crippen LogP contribution in [0.3, 0.4) is 0 Å². The number of hydrogen-bond donors (Lipinski definition) is 1. The molecule has 0 saturated carbocycles. The molecule has 0 aromatic heterocycles. The fraction of sp³-hybridized carbons (Fsp3) is 0.941. The molecular formula is C17H33N3O. The van der Waals surface area contributed by atoms with Gasteiger partial charge in [0.2, 0.25) is 0 Å². The molecule has 1 N–H and O–H groups in total. The van der Waals surface area contributed by atoms with Gasteiger partial charge in [0.1, 0.15) is 0 Å². The van der Waals surface area contributed by atoms with Crippen LogP contribution in [-0.2, 0) is 0 Å². The highest BCUT2D eigenvalue weighted by atomic mass is 16.2. The average Bonchev–Trinajstić information content (AvgIpc) is 2.46. The smallest absolute Gasteiger partial charge is 0.320 e. The van der Waals surface area contributed by atoms with Crippen LogP contribution >= 0.6 is 0 Å². The third-order valence-electron chi connectivity index (χ3n) is 5.27. The molecule has 2 rings (SSSR count). The first-order valence-electron chi connectivity index (χ1n) is 8.56. The van der Waals surface area contributed by atoms with Crippen LogP contribution in [0.4, 0.5) is 4.79 Å². The Kier molecular flexibility index (Phi) is 5.18. The van der Waals surface area contributed by atoms with E-state index in [1.165, 1.54) is 0 Å². The Labute approximate surface area is 130 Å². The molecule has 122 valence electrons. The molecule has 2 saturated heterocycles. The van der Waals surface area contributed by atoms with Crippen molar-refractivity contribution in [2.45, 2.75) is 53.5 Å². The molecule has 4 nitrogen and oxygen atoms in total. The van der Waals surface area contributed by atoms with Crippen LogP contribution in [0.25, 0.3) is 0 Å². The summed E-state index contributed by atoms with van der Waals surface area (Å²) < 4.78 is 0. The number of piperidine rings is 1. The SMILES string of the molecule is CC(C)C1CN(C(=O)N2CCC(C(C)(C)C)CC2)CCN1. The first-order chi connectivity index (χ1) is 9.79. The monoisotopic (exact) mass is 295 g/mol. The van der Waals surface area contributed by atoms with E-state index in [2.05, 4.69) is 49.7 Å². The standard InChI is InChI=1S/C17H33N3O/c1-13(2)15-12-20(11-8-18-15)16(21)19-9-6-14(7-10-19)17(3,4)5/h13-15,18H,6-12H2,1-5H3. The average molecular weight is 295 g/mol. The Hall–Kier alpha value is -0.770. The minimum atomic E-state index is 0.259. The fourth-order valence-corrected chi connectivity index (χ4v) is 3.54. The molecule has 4 heteroatoms. The lowest BCUT2D eigenvalue weighted by atomic mass is 9.75. The second-order valence-electron chi connectivity index (χ2n) is 8.16. The molecule has 0 aromatic carbocycles. The highest BCUT2D eigenvalue weighted by Crippen LogP contribution is 2.34. The summed E-state index contributed by atoms with van der Waals surface area (Å²) in [7, 11) is 0. The second-order valence-corrected chi connectivity index (χ2v) is 8.16. The van der Waals surface area contributed by atoms with Crippen molar-refractivity contribution in [3.05, 3.63) is 0 Å². The molecule has 2 heterocycles. The Morgan fingerprint density at radius 2 is 1.71 bits per heavy atom. The quantitative estimate of drug-likeness (QED) is 0.807. The number of carbonyl (C=O) groups excluding carboxylic acids is 1. The zero-order valence-electron chi connectivity index (χ0n) is 14.5. The molecule has 0 aliphatic carbocycles. The van der Waals surface area contributed by atoms with E-state index < -0.39 is 0 Å². The highest BCUT2D eigenvalue weighted by molar-refractivity contribution is 5.74. The van der Waals surface area contributed by atoms with Crippen molar-refractivity contribution in [2.24, 2.45) is 17.3 Å². The molecule has 0 aromatic rings. The zero-order valence-corrected chi connectivity index (χ0v) is 14.5. The number of carbonyl (C=O) groups is 1. The number of hydrogen-bond acceptors (Lipinski definition) is 2. The van der Waals surface area contributed by atoms with Gasteiger partial charge in [0, 0.05) is 38.8 Å². The normalized spacial score (nSPS) is 25.5. The van der Waals surface area contributed by atoms with Crippen molar-refractivity contribution < 1.29 is 4.79 Å². The minimum Gasteiger partial charge on any atom is -0.325 e. The van der Waals surface area contributed by atoms with E-state index in [1.807, 2.05) is 0 Å². The summed E-state index contributed by atoms with van der Waals surface area (Å²) in [5.41, 5.74) is 0.368. The van der Waals surface area contributed by atoms with Gasteiger partial charge in [0.15, 0.2) is 0 Å². The lowest BCUT2D eigenvalue weighted by Crippen LogP contribution is -2.58. The van der Waals surface area contributed by atoms with Gasteiger partial charge < -0.3 is 15.1 Å². The Balaban J connectivity index is 1.87.